The highest BCUT2D eigenvalue weighted by Gasteiger charge is 2.23. The summed E-state index contributed by atoms with van der Waals surface area (Å²) in [6, 6.07) is 0. The fourth-order valence-corrected chi connectivity index (χ4v) is 3.60. The molecule has 0 unspecified atom stereocenters. The van der Waals surface area contributed by atoms with Crippen molar-refractivity contribution in [3.63, 3.8) is 0 Å². The summed E-state index contributed by atoms with van der Waals surface area (Å²) < 4.78 is 29.5. The van der Waals surface area contributed by atoms with E-state index in [4.69, 9.17) is 11.6 Å². The van der Waals surface area contributed by atoms with Crippen LogP contribution in [0, 0.1) is 0 Å². The average molecular weight is 342 g/mol. The lowest BCUT2D eigenvalue weighted by Gasteiger charge is -2.25. The number of sulfonamides is 1. The minimum Gasteiger partial charge on any atom is -0.465 e. The molecule has 0 spiro atoms. The third-order valence-corrected chi connectivity index (χ3v) is 4.40. The highest BCUT2D eigenvalue weighted by Crippen LogP contribution is 2.27. The number of nitrogens with one attached hydrogen (secondary N) is 2. The minimum absolute atomic E-state index is 0.0539. The van der Waals surface area contributed by atoms with Gasteiger partial charge in [-0.2, -0.15) is 0 Å². The van der Waals surface area contributed by atoms with Crippen LogP contribution >= 0.6 is 22.9 Å². The maximum Gasteiger partial charge on any atom is 0.351 e. The Kier molecular flexibility index (Phi) is 5.36. The zero-order valence-corrected chi connectivity index (χ0v) is 13.9. The predicted octanol–water partition coefficient (Wildman–Crippen LogP) is 1.32. The molecule has 0 aromatic carbocycles. The highest BCUT2D eigenvalue weighted by atomic mass is 35.5. The van der Waals surface area contributed by atoms with E-state index in [0.29, 0.717) is 5.13 Å². The van der Waals surface area contributed by atoms with Crippen molar-refractivity contribution in [2.45, 2.75) is 19.4 Å². The van der Waals surface area contributed by atoms with Crippen LogP contribution in [0.5, 0.6) is 0 Å². The first-order chi connectivity index (χ1) is 9.04. The summed E-state index contributed by atoms with van der Waals surface area (Å²) in [5.41, 5.74) is -0.711. The van der Waals surface area contributed by atoms with Crippen molar-refractivity contribution in [1.82, 2.24) is 9.71 Å². The number of rotatable bonds is 6. The summed E-state index contributed by atoms with van der Waals surface area (Å²) in [5.74, 6) is -0.561. The average Bonchev–Trinajstić information content (AvgIpc) is 2.64. The Morgan fingerprint density at radius 1 is 1.50 bits per heavy atom. The maximum absolute atomic E-state index is 11.4. The van der Waals surface area contributed by atoms with Crippen LogP contribution in [0.15, 0.2) is 0 Å². The van der Waals surface area contributed by atoms with Gasteiger partial charge in [-0.1, -0.05) is 22.9 Å². The van der Waals surface area contributed by atoms with Crippen LogP contribution in [0.25, 0.3) is 0 Å². The first-order valence-electron chi connectivity index (χ1n) is 5.51. The molecule has 1 aromatic rings. The fourth-order valence-electron chi connectivity index (χ4n) is 1.43. The van der Waals surface area contributed by atoms with E-state index in [-0.39, 0.29) is 16.6 Å². The fraction of sp³-hybridized carbons (Fsp3) is 0.600. The summed E-state index contributed by atoms with van der Waals surface area (Å²) in [6.07, 6.45) is 1.09. The Balaban J connectivity index is 2.73. The third kappa shape index (κ3) is 5.23. The number of ether oxygens (including phenoxy) is 1. The van der Waals surface area contributed by atoms with Crippen LogP contribution in [0.4, 0.5) is 5.13 Å². The van der Waals surface area contributed by atoms with Gasteiger partial charge >= 0.3 is 5.97 Å². The summed E-state index contributed by atoms with van der Waals surface area (Å²) in [5, 5.41) is 3.41. The first-order valence-corrected chi connectivity index (χ1v) is 8.60. The lowest BCUT2D eigenvalue weighted by molar-refractivity contribution is 0.0606. The number of hydrogen-bond donors (Lipinski definition) is 2. The summed E-state index contributed by atoms with van der Waals surface area (Å²) in [6.45, 7) is 3.72. The Morgan fingerprint density at radius 2 is 2.10 bits per heavy atom. The number of carbonyl (C=O) groups excluding carboxylic acids is 1. The molecule has 1 heterocycles. The zero-order chi connectivity index (χ0) is 15.6. The molecule has 20 heavy (non-hydrogen) atoms. The van der Waals surface area contributed by atoms with Crippen molar-refractivity contribution < 1.29 is 17.9 Å². The lowest BCUT2D eigenvalue weighted by Crippen LogP contribution is -2.47. The van der Waals surface area contributed by atoms with Gasteiger partial charge in [-0.15, -0.1) is 0 Å². The van der Waals surface area contributed by atoms with Gasteiger partial charge in [0, 0.05) is 12.1 Å². The van der Waals surface area contributed by atoms with Gasteiger partial charge in [0.05, 0.1) is 13.4 Å². The van der Waals surface area contributed by atoms with Crippen molar-refractivity contribution in [2.24, 2.45) is 0 Å². The monoisotopic (exact) mass is 341 g/mol. The first kappa shape index (κ1) is 17.2. The Hall–Kier alpha value is -0.900. The molecule has 0 aliphatic heterocycles. The van der Waals surface area contributed by atoms with E-state index in [1.54, 1.807) is 13.8 Å². The molecule has 2 N–H and O–H groups in total. The van der Waals surface area contributed by atoms with Crippen LogP contribution < -0.4 is 10.0 Å². The molecule has 0 saturated carbocycles. The second kappa shape index (κ2) is 6.25. The van der Waals surface area contributed by atoms with E-state index in [1.807, 2.05) is 0 Å². The third-order valence-electron chi connectivity index (χ3n) is 2.10. The number of esters is 1. The second-order valence-electron chi connectivity index (χ2n) is 4.74. The van der Waals surface area contributed by atoms with E-state index >= 15 is 0 Å². The maximum atomic E-state index is 11.4. The number of halogens is 1. The standard InChI is InChI=1S/C10H16ClN3O4S2/c1-10(2,14-20(4,16)17)5-12-9-13-7(11)6(19-9)8(15)18-3/h14H,5H2,1-4H3,(H,12,13). The van der Waals surface area contributed by atoms with Crippen LogP contribution in [0.2, 0.25) is 5.15 Å². The Bertz CT molecular complexity index is 598. The topological polar surface area (TPSA) is 97.4 Å². The van der Waals surface area contributed by atoms with Gasteiger partial charge in [0.25, 0.3) is 0 Å². The molecular weight excluding hydrogens is 326 g/mol. The van der Waals surface area contributed by atoms with Crippen molar-refractivity contribution >= 4 is 44.1 Å². The van der Waals surface area contributed by atoms with Gasteiger partial charge < -0.3 is 10.1 Å². The van der Waals surface area contributed by atoms with Crippen LogP contribution in [0.1, 0.15) is 23.5 Å². The van der Waals surface area contributed by atoms with E-state index in [9.17, 15) is 13.2 Å². The van der Waals surface area contributed by atoms with E-state index in [1.165, 1.54) is 7.11 Å². The molecule has 7 nitrogen and oxygen atoms in total. The van der Waals surface area contributed by atoms with E-state index in [0.717, 1.165) is 17.6 Å². The quantitative estimate of drug-likeness (QED) is 0.757. The van der Waals surface area contributed by atoms with Crippen molar-refractivity contribution in [3.8, 4) is 0 Å². The molecule has 0 aliphatic carbocycles. The van der Waals surface area contributed by atoms with Gasteiger partial charge in [0.2, 0.25) is 10.0 Å². The molecule has 0 aliphatic rings. The molecule has 1 rings (SSSR count). The number of anilines is 1. The zero-order valence-electron chi connectivity index (χ0n) is 11.5. The molecule has 0 bridgehead atoms. The Morgan fingerprint density at radius 3 is 2.60 bits per heavy atom. The largest absolute Gasteiger partial charge is 0.465 e. The molecular formula is C10H16ClN3O4S2. The van der Waals surface area contributed by atoms with Gasteiger partial charge in [-0.25, -0.2) is 22.9 Å². The highest BCUT2D eigenvalue weighted by molar-refractivity contribution is 7.88. The smallest absolute Gasteiger partial charge is 0.351 e. The van der Waals surface area contributed by atoms with E-state index < -0.39 is 21.5 Å². The number of hydrogen-bond acceptors (Lipinski definition) is 7. The normalized spacial score (nSPS) is 12.2. The molecule has 114 valence electrons. The lowest BCUT2D eigenvalue weighted by atomic mass is 10.1. The number of methoxy groups -OCH3 is 1. The predicted molar refractivity (Wildman–Crippen MR) is 79.0 cm³/mol. The van der Waals surface area contributed by atoms with Gasteiger partial charge in [-0.05, 0) is 13.8 Å². The number of aromatic nitrogens is 1. The SMILES string of the molecule is COC(=O)c1sc(NCC(C)(C)NS(C)(=O)=O)nc1Cl. The van der Waals surface area contributed by atoms with Gasteiger partial charge in [0.1, 0.15) is 0 Å². The minimum atomic E-state index is -3.31. The summed E-state index contributed by atoms with van der Waals surface area (Å²) in [7, 11) is -2.06. The van der Waals surface area contributed by atoms with Crippen molar-refractivity contribution in [3.05, 3.63) is 10.0 Å². The van der Waals surface area contributed by atoms with Crippen LogP contribution in [0.3, 0.4) is 0 Å². The van der Waals surface area contributed by atoms with Gasteiger partial charge in [0.15, 0.2) is 15.2 Å². The van der Waals surface area contributed by atoms with Gasteiger partial charge in [-0.3, -0.25) is 0 Å². The van der Waals surface area contributed by atoms with Crippen molar-refractivity contribution in [1.29, 1.82) is 0 Å². The van der Waals surface area contributed by atoms with E-state index in [2.05, 4.69) is 19.8 Å². The number of thiazole rings is 1. The molecule has 0 saturated heterocycles. The Labute approximate surface area is 126 Å². The summed E-state index contributed by atoms with van der Waals surface area (Å²) >= 11 is 6.87. The molecule has 0 fully saturated rings. The number of carbonyl (C=O) groups is 1. The van der Waals surface area contributed by atoms with Crippen LogP contribution in [-0.4, -0.2) is 44.8 Å². The molecule has 0 radical (unpaired) electrons. The molecule has 10 heteroatoms. The molecule has 0 atom stereocenters. The number of nitrogens with zero attached hydrogens (tertiary/aromatic N) is 1. The van der Waals surface area contributed by atoms with Crippen LogP contribution in [-0.2, 0) is 14.8 Å². The molecule has 0 amide bonds. The second-order valence-corrected chi connectivity index (χ2v) is 7.85. The van der Waals surface area contributed by atoms with Crippen molar-refractivity contribution in [2.75, 3.05) is 25.2 Å². The summed E-state index contributed by atoms with van der Waals surface area (Å²) in [4.78, 5) is 15.6. The molecule has 1 aromatic heterocycles.